The minimum atomic E-state index is -0.442. The maximum absolute atomic E-state index is 3.55. The van der Waals surface area contributed by atoms with E-state index in [9.17, 15) is 0 Å². The molecular formula is C20H19N2P. The number of nitrogens with one attached hydrogen (secondary N) is 2. The summed E-state index contributed by atoms with van der Waals surface area (Å²) in [4.78, 5) is 0. The van der Waals surface area contributed by atoms with Gasteiger partial charge in [0.05, 0.1) is 11.6 Å². The SMILES string of the molecule is c1ccc([C@H]2NN[C@@H](c3ccccc3)[P@@]2c2ccccc2)cc1. The summed E-state index contributed by atoms with van der Waals surface area (Å²) >= 11 is 0. The minimum Gasteiger partial charge on any atom is -0.245 e. The largest absolute Gasteiger partial charge is 0.245 e. The number of hydrogen-bond acceptors (Lipinski definition) is 2. The monoisotopic (exact) mass is 318 g/mol. The van der Waals surface area contributed by atoms with E-state index in [0.717, 1.165) is 0 Å². The van der Waals surface area contributed by atoms with E-state index in [1.807, 2.05) is 0 Å². The van der Waals surface area contributed by atoms with Crippen LogP contribution in [0.4, 0.5) is 0 Å². The van der Waals surface area contributed by atoms with Crippen LogP contribution in [0, 0.1) is 0 Å². The predicted octanol–water partition coefficient (Wildman–Crippen LogP) is 4.30. The van der Waals surface area contributed by atoms with Gasteiger partial charge in [0.15, 0.2) is 0 Å². The summed E-state index contributed by atoms with van der Waals surface area (Å²) in [5.74, 6) is 0.637. The third-order valence-corrected chi connectivity index (χ3v) is 7.06. The Labute approximate surface area is 138 Å². The number of hydrazine groups is 1. The van der Waals surface area contributed by atoms with Gasteiger partial charge in [0.1, 0.15) is 0 Å². The topological polar surface area (TPSA) is 24.1 Å². The third kappa shape index (κ3) is 2.94. The first-order chi connectivity index (χ1) is 11.4. The Balaban J connectivity index is 1.77. The van der Waals surface area contributed by atoms with Crippen LogP contribution in [0.2, 0.25) is 0 Å². The van der Waals surface area contributed by atoms with Crippen molar-refractivity contribution in [3.05, 3.63) is 102 Å². The zero-order chi connectivity index (χ0) is 15.5. The van der Waals surface area contributed by atoms with Crippen molar-refractivity contribution >= 4 is 13.2 Å². The predicted molar refractivity (Wildman–Crippen MR) is 97.6 cm³/mol. The van der Waals surface area contributed by atoms with Gasteiger partial charge in [-0.05, 0) is 24.4 Å². The molecule has 3 heteroatoms. The lowest BCUT2D eigenvalue weighted by molar-refractivity contribution is 0.555. The fourth-order valence-electron chi connectivity index (χ4n) is 3.10. The summed E-state index contributed by atoms with van der Waals surface area (Å²) < 4.78 is 0. The molecule has 0 radical (unpaired) electrons. The molecule has 4 rings (SSSR count). The first-order valence-corrected chi connectivity index (χ1v) is 9.36. The van der Waals surface area contributed by atoms with Gasteiger partial charge >= 0.3 is 0 Å². The van der Waals surface area contributed by atoms with Gasteiger partial charge in [-0.15, -0.1) is 0 Å². The maximum atomic E-state index is 3.55. The van der Waals surface area contributed by atoms with Crippen molar-refractivity contribution in [3.63, 3.8) is 0 Å². The average molecular weight is 318 g/mol. The van der Waals surface area contributed by atoms with Crippen LogP contribution in [-0.2, 0) is 0 Å². The van der Waals surface area contributed by atoms with Crippen LogP contribution >= 0.6 is 7.92 Å². The summed E-state index contributed by atoms with van der Waals surface area (Å²) in [6.07, 6.45) is 0. The van der Waals surface area contributed by atoms with Crippen LogP contribution in [0.1, 0.15) is 22.7 Å². The molecule has 1 aliphatic heterocycles. The lowest BCUT2D eigenvalue weighted by atomic mass is 10.2. The Hall–Kier alpha value is -1.99. The number of hydrogen-bond donors (Lipinski definition) is 2. The number of rotatable bonds is 3. The van der Waals surface area contributed by atoms with Crippen LogP contribution in [0.25, 0.3) is 0 Å². The van der Waals surface area contributed by atoms with Crippen LogP contribution < -0.4 is 16.2 Å². The summed E-state index contributed by atoms with van der Waals surface area (Å²) in [5.41, 5.74) is 9.78. The Bertz CT molecular complexity index is 699. The van der Waals surface area contributed by atoms with Crippen molar-refractivity contribution in [1.82, 2.24) is 10.9 Å². The molecule has 1 aliphatic rings. The molecule has 0 aromatic heterocycles. The highest BCUT2D eigenvalue weighted by Gasteiger charge is 2.37. The highest BCUT2D eigenvalue weighted by atomic mass is 31.1. The van der Waals surface area contributed by atoms with Gasteiger partial charge in [-0.25, -0.2) is 10.9 Å². The molecule has 23 heavy (non-hydrogen) atoms. The normalized spacial score (nSPS) is 23.7. The fourth-order valence-corrected chi connectivity index (χ4v) is 5.93. The van der Waals surface area contributed by atoms with Crippen LogP contribution in [0.15, 0.2) is 91.0 Å². The highest BCUT2D eigenvalue weighted by molar-refractivity contribution is 7.66. The first kappa shape index (κ1) is 14.6. The molecule has 0 spiro atoms. The van der Waals surface area contributed by atoms with Crippen molar-refractivity contribution in [3.8, 4) is 0 Å². The van der Waals surface area contributed by atoms with Gasteiger partial charge in [-0.3, -0.25) is 0 Å². The van der Waals surface area contributed by atoms with Crippen molar-refractivity contribution < 1.29 is 0 Å². The van der Waals surface area contributed by atoms with Gasteiger partial charge in [0.2, 0.25) is 0 Å². The second-order valence-corrected chi connectivity index (χ2v) is 8.02. The Morgan fingerprint density at radius 3 is 1.35 bits per heavy atom. The summed E-state index contributed by atoms with van der Waals surface area (Å²) in [6.45, 7) is 0. The summed E-state index contributed by atoms with van der Waals surface area (Å²) in [6, 6.07) is 32.3. The van der Waals surface area contributed by atoms with Crippen LogP contribution in [0.5, 0.6) is 0 Å². The highest BCUT2D eigenvalue weighted by Crippen LogP contribution is 2.61. The second-order valence-electron chi connectivity index (χ2n) is 5.66. The molecule has 0 aliphatic carbocycles. The zero-order valence-electron chi connectivity index (χ0n) is 12.8. The third-order valence-electron chi connectivity index (χ3n) is 4.20. The smallest absolute Gasteiger partial charge is 0.0717 e. The van der Waals surface area contributed by atoms with Crippen molar-refractivity contribution in [2.45, 2.75) is 11.6 Å². The van der Waals surface area contributed by atoms with Gasteiger partial charge in [0, 0.05) is 0 Å². The molecule has 2 nitrogen and oxygen atoms in total. The van der Waals surface area contributed by atoms with Crippen molar-refractivity contribution in [2.24, 2.45) is 0 Å². The first-order valence-electron chi connectivity index (χ1n) is 7.88. The van der Waals surface area contributed by atoms with E-state index in [2.05, 4.69) is 102 Å². The molecule has 1 saturated heterocycles. The van der Waals surface area contributed by atoms with E-state index >= 15 is 0 Å². The standard InChI is InChI=1S/C20H19N2P/c1-4-10-16(11-5-1)19-21-22-20(17-12-6-2-7-13-17)23(19)18-14-8-3-9-15-18/h1-15,19-22H/t19-,20+,23-. The van der Waals surface area contributed by atoms with E-state index in [1.54, 1.807) is 0 Å². The Kier molecular flexibility index (Phi) is 4.21. The van der Waals surface area contributed by atoms with Crippen molar-refractivity contribution in [2.75, 3.05) is 0 Å². The molecule has 114 valence electrons. The maximum Gasteiger partial charge on any atom is 0.0717 e. The molecule has 3 atom stereocenters. The quantitative estimate of drug-likeness (QED) is 0.704. The van der Waals surface area contributed by atoms with Crippen LogP contribution in [0.3, 0.4) is 0 Å². The molecule has 0 bridgehead atoms. The Morgan fingerprint density at radius 1 is 0.522 bits per heavy atom. The van der Waals surface area contributed by atoms with E-state index in [-0.39, 0.29) is 0 Å². The lowest BCUT2D eigenvalue weighted by Crippen LogP contribution is -2.26. The lowest BCUT2D eigenvalue weighted by Gasteiger charge is -2.24. The van der Waals surface area contributed by atoms with Gasteiger partial charge in [-0.1, -0.05) is 91.0 Å². The molecule has 1 fully saturated rings. The summed E-state index contributed by atoms with van der Waals surface area (Å²) in [7, 11) is -0.442. The van der Waals surface area contributed by atoms with E-state index in [1.165, 1.54) is 16.4 Å². The van der Waals surface area contributed by atoms with E-state index in [0.29, 0.717) is 11.6 Å². The molecule has 0 saturated carbocycles. The zero-order valence-corrected chi connectivity index (χ0v) is 13.7. The molecule has 0 unspecified atom stereocenters. The van der Waals surface area contributed by atoms with E-state index in [4.69, 9.17) is 0 Å². The molecule has 1 heterocycles. The average Bonchev–Trinajstić information content (AvgIpc) is 3.09. The van der Waals surface area contributed by atoms with Crippen molar-refractivity contribution in [1.29, 1.82) is 0 Å². The summed E-state index contributed by atoms with van der Waals surface area (Å²) in [5, 5.41) is 1.42. The Morgan fingerprint density at radius 2 is 0.913 bits per heavy atom. The van der Waals surface area contributed by atoms with Gasteiger partial charge in [-0.2, -0.15) is 0 Å². The second kappa shape index (κ2) is 6.64. The van der Waals surface area contributed by atoms with Gasteiger partial charge < -0.3 is 0 Å². The van der Waals surface area contributed by atoms with E-state index < -0.39 is 7.92 Å². The van der Waals surface area contributed by atoms with Gasteiger partial charge in [0.25, 0.3) is 0 Å². The number of benzene rings is 3. The fraction of sp³-hybridized carbons (Fsp3) is 0.100. The molecular weight excluding hydrogens is 299 g/mol. The minimum absolute atomic E-state index is 0.318. The molecule has 0 amide bonds. The molecule has 3 aromatic rings. The van der Waals surface area contributed by atoms with Crippen LogP contribution in [-0.4, -0.2) is 0 Å². The molecule has 2 N–H and O–H groups in total. The molecule has 3 aromatic carbocycles.